The number of carbonyl (C=O) groups excluding carboxylic acids is 1. The van der Waals surface area contributed by atoms with Crippen molar-refractivity contribution in [3.8, 4) is 0 Å². The number of carbonyl (C=O) groups is 1. The van der Waals surface area contributed by atoms with Crippen LogP contribution in [-0.4, -0.2) is 51.2 Å². The average Bonchev–Trinajstić information content (AvgIpc) is 3.19. The summed E-state index contributed by atoms with van der Waals surface area (Å²) in [5.74, 6) is 0.646. The molecule has 0 spiro atoms. The van der Waals surface area contributed by atoms with Gasteiger partial charge in [-0.2, -0.15) is 15.0 Å². The Morgan fingerprint density at radius 3 is 2.95 bits per heavy atom. The van der Waals surface area contributed by atoms with E-state index in [9.17, 15) is 4.79 Å². The molecule has 1 aromatic rings. The number of ether oxygens (including phenoxy) is 1. The van der Waals surface area contributed by atoms with E-state index in [1.165, 1.54) is 17.6 Å². The first-order chi connectivity index (χ1) is 9.61. The highest BCUT2D eigenvalue weighted by molar-refractivity contribution is 5.74. The van der Waals surface area contributed by atoms with E-state index in [0.717, 1.165) is 5.69 Å². The summed E-state index contributed by atoms with van der Waals surface area (Å²) in [4.78, 5) is 15.6. The first-order valence-corrected chi connectivity index (χ1v) is 7.15. The fraction of sp³-hybridized carbons (Fsp3) is 0.769. The minimum Gasteiger partial charge on any atom is -0.371 e. The number of aryl methyl sites for hydroxylation is 1. The van der Waals surface area contributed by atoms with E-state index in [1.807, 2.05) is 11.8 Å². The Morgan fingerprint density at radius 2 is 2.30 bits per heavy atom. The lowest BCUT2D eigenvalue weighted by molar-refractivity contribution is -0.0731. The van der Waals surface area contributed by atoms with Crippen LogP contribution in [0, 0.1) is 5.92 Å². The molecule has 2 atom stereocenters. The summed E-state index contributed by atoms with van der Waals surface area (Å²) in [7, 11) is 1.76. The molecular formula is C13H21N5O2. The van der Waals surface area contributed by atoms with Gasteiger partial charge in [0.1, 0.15) is 5.69 Å². The quantitative estimate of drug-likeness (QED) is 0.875. The lowest BCUT2D eigenvalue weighted by Gasteiger charge is -2.36. The number of rotatable bonds is 3. The molecular weight excluding hydrogens is 258 g/mol. The molecule has 2 fully saturated rings. The maximum absolute atomic E-state index is 12.2. The normalized spacial score (nSPS) is 26.6. The van der Waals surface area contributed by atoms with Crippen molar-refractivity contribution in [2.24, 2.45) is 13.0 Å². The summed E-state index contributed by atoms with van der Waals surface area (Å²) < 4.78 is 5.91. The fourth-order valence-electron chi connectivity index (χ4n) is 2.63. The Bertz CT molecular complexity index is 485. The maximum Gasteiger partial charge on any atom is 0.317 e. The number of hydrogen-bond acceptors (Lipinski definition) is 4. The van der Waals surface area contributed by atoms with Crippen LogP contribution in [0.4, 0.5) is 4.79 Å². The van der Waals surface area contributed by atoms with Crippen LogP contribution < -0.4 is 5.32 Å². The molecule has 1 aliphatic carbocycles. The average molecular weight is 279 g/mol. The van der Waals surface area contributed by atoms with E-state index in [1.54, 1.807) is 13.2 Å². The monoisotopic (exact) mass is 279 g/mol. The molecule has 1 saturated carbocycles. The van der Waals surface area contributed by atoms with Crippen LogP contribution in [0.25, 0.3) is 0 Å². The zero-order valence-corrected chi connectivity index (χ0v) is 12.0. The van der Waals surface area contributed by atoms with Crippen LogP contribution in [0.3, 0.4) is 0 Å². The molecule has 0 bridgehead atoms. The molecule has 1 N–H and O–H groups in total. The lowest BCUT2D eigenvalue weighted by atomic mass is 10.1. The largest absolute Gasteiger partial charge is 0.371 e. The Labute approximate surface area is 118 Å². The number of hydrogen-bond donors (Lipinski definition) is 1. The predicted octanol–water partition coefficient (Wildman–Crippen LogP) is 0.524. The summed E-state index contributed by atoms with van der Waals surface area (Å²) in [6.45, 7) is 3.78. The number of amides is 2. The van der Waals surface area contributed by atoms with Gasteiger partial charge in [-0.25, -0.2) is 4.79 Å². The summed E-state index contributed by atoms with van der Waals surface area (Å²) in [5, 5.41) is 11.0. The summed E-state index contributed by atoms with van der Waals surface area (Å²) >= 11 is 0. The molecule has 1 saturated heterocycles. The van der Waals surface area contributed by atoms with Crippen molar-refractivity contribution in [2.45, 2.75) is 38.5 Å². The zero-order valence-electron chi connectivity index (χ0n) is 12.0. The molecule has 0 radical (unpaired) electrons. The van der Waals surface area contributed by atoms with Gasteiger partial charge >= 0.3 is 6.03 Å². The van der Waals surface area contributed by atoms with Crippen molar-refractivity contribution in [3.63, 3.8) is 0 Å². The summed E-state index contributed by atoms with van der Waals surface area (Å²) in [5.41, 5.74) is 0.765. The van der Waals surface area contributed by atoms with Gasteiger partial charge in [-0.1, -0.05) is 0 Å². The van der Waals surface area contributed by atoms with E-state index in [0.29, 0.717) is 25.6 Å². The highest BCUT2D eigenvalue weighted by Gasteiger charge is 2.38. The SMILES string of the molecule is CC1CN(C(=O)NCc2cnn(C)n2)CC(C2CC2)O1. The first kappa shape index (κ1) is 13.4. The van der Waals surface area contributed by atoms with E-state index < -0.39 is 0 Å². The maximum atomic E-state index is 12.2. The number of morpholine rings is 1. The molecule has 2 heterocycles. The van der Waals surface area contributed by atoms with Crippen molar-refractivity contribution < 1.29 is 9.53 Å². The number of nitrogens with one attached hydrogen (secondary N) is 1. The minimum absolute atomic E-state index is 0.0450. The van der Waals surface area contributed by atoms with Crippen LogP contribution in [0.1, 0.15) is 25.5 Å². The van der Waals surface area contributed by atoms with Crippen LogP contribution in [-0.2, 0) is 18.3 Å². The van der Waals surface area contributed by atoms with Gasteiger partial charge in [0.2, 0.25) is 0 Å². The highest BCUT2D eigenvalue weighted by Crippen LogP contribution is 2.36. The highest BCUT2D eigenvalue weighted by atomic mass is 16.5. The van der Waals surface area contributed by atoms with Gasteiger partial charge in [-0.05, 0) is 25.7 Å². The Kier molecular flexibility index (Phi) is 3.60. The van der Waals surface area contributed by atoms with Crippen LogP contribution in [0.2, 0.25) is 0 Å². The second kappa shape index (κ2) is 5.40. The number of urea groups is 1. The van der Waals surface area contributed by atoms with Gasteiger partial charge in [0.05, 0.1) is 24.9 Å². The molecule has 20 heavy (non-hydrogen) atoms. The molecule has 2 unspecified atom stereocenters. The molecule has 2 amide bonds. The molecule has 3 rings (SSSR count). The molecule has 1 aliphatic heterocycles. The standard InChI is InChI=1S/C13H21N5O2/c1-9-7-18(8-12(20-9)10-3-4-10)13(19)14-5-11-6-15-17(2)16-11/h6,9-10,12H,3-5,7-8H2,1-2H3,(H,14,19). The van der Waals surface area contributed by atoms with Gasteiger partial charge in [-0.15, -0.1) is 0 Å². The van der Waals surface area contributed by atoms with Crippen LogP contribution in [0.15, 0.2) is 6.20 Å². The van der Waals surface area contributed by atoms with Gasteiger partial charge < -0.3 is 15.0 Å². The van der Waals surface area contributed by atoms with Gasteiger partial charge in [0.15, 0.2) is 0 Å². The third kappa shape index (κ3) is 3.09. The fourth-order valence-corrected chi connectivity index (χ4v) is 2.63. The van der Waals surface area contributed by atoms with Crippen molar-refractivity contribution in [1.29, 1.82) is 0 Å². The Hall–Kier alpha value is -1.63. The van der Waals surface area contributed by atoms with E-state index in [4.69, 9.17) is 4.74 Å². The second-order valence-corrected chi connectivity index (χ2v) is 5.71. The van der Waals surface area contributed by atoms with Crippen molar-refractivity contribution in [1.82, 2.24) is 25.2 Å². The third-order valence-electron chi connectivity index (χ3n) is 3.79. The van der Waals surface area contributed by atoms with Crippen LogP contribution in [0.5, 0.6) is 0 Å². The van der Waals surface area contributed by atoms with Gasteiger partial charge in [0.25, 0.3) is 0 Å². The van der Waals surface area contributed by atoms with Gasteiger partial charge in [0, 0.05) is 20.1 Å². The Balaban J connectivity index is 1.53. The number of aromatic nitrogens is 3. The minimum atomic E-state index is -0.0450. The van der Waals surface area contributed by atoms with E-state index in [2.05, 4.69) is 15.5 Å². The van der Waals surface area contributed by atoms with Crippen molar-refractivity contribution in [2.75, 3.05) is 13.1 Å². The third-order valence-corrected chi connectivity index (χ3v) is 3.79. The summed E-state index contributed by atoms with van der Waals surface area (Å²) in [6.07, 6.45) is 4.44. The molecule has 110 valence electrons. The van der Waals surface area contributed by atoms with E-state index >= 15 is 0 Å². The lowest BCUT2D eigenvalue weighted by Crippen LogP contribution is -2.52. The van der Waals surface area contributed by atoms with Crippen molar-refractivity contribution in [3.05, 3.63) is 11.9 Å². The van der Waals surface area contributed by atoms with Crippen LogP contribution >= 0.6 is 0 Å². The number of nitrogens with zero attached hydrogens (tertiary/aromatic N) is 4. The van der Waals surface area contributed by atoms with Crippen molar-refractivity contribution >= 4 is 6.03 Å². The Morgan fingerprint density at radius 1 is 1.50 bits per heavy atom. The first-order valence-electron chi connectivity index (χ1n) is 7.15. The topological polar surface area (TPSA) is 72.3 Å². The second-order valence-electron chi connectivity index (χ2n) is 5.71. The zero-order chi connectivity index (χ0) is 14.1. The molecule has 7 heteroatoms. The van der Waals surface area contributed by atoms with Gasteiger partial charge in [-0.3, -0.25) is 0 Å². The summed E-state index contributed by atoms with van der Waals surface area (Å²) in [6, 6.07) is -0.0450. The smallest absolute Gasteiger partial charge is 0.317 e. The predicted molar refractivity (Wildman–Crippen MR) is 71.9 cm³/mol. The molecule has 1 aromatic heterocycles. The van der Waals surface area contributed by atoms with E-state index in [-0.39, 0.29) is 18.2 Å². The molecule has 0 aromatic carbocycles. The molecule has 2 aliphatic rings. The molecule has 7 nitrogen and oxygen atoms in total.